The summed E-state index contributed by atoms with van der Waals surface area (Å²) in [5, 5.41) is 3.10. The molecule has 1 atom stereocenters. The van der Waals surface area contributed by atoms with Crippen LogP contribution in [0.3, 0.4) is 0 Å². The summed E-state index contributed by atoms with van der Waals surface area (Å²) in [4.78, 5) is 12.5. The third-order valence-corrected chi connectivity index (χ3v) is 4.19. The van der Waals surface area contributed by atoms with Gasteiger partial charge in [0, 0.05) is 5.69 Å². The average Bonchev–Trinajstić information content (AvgIpc) is 2.67. The Morgan fingerprint density at radius 3 is 2.71 bits per heavy atom. The second-order valence-corrected chi connectivity index (χ2v) is 5.73. The average molecular weight is 279 g/mol. The Labute approximate surface area is 126 Å². The Morgan fingerprint density at radius 2 is 1.95 bits per heavy atom. The molecule has 0 spiro atoms. The molecule has 1 amide bonds. The molecule has 1 heterocycles. The fourth-order valence-corrected chi connectivity index (χ4v) is 3.07. The Balaban J connectivity index is 1.86. The molecule has 2 nitrogen and oxygen atoms in total. The van der Waals surface area contributed by atoms with Gasteiger partial charge < -0.3 is 5.32 Å². The van der Waals surface area contributed by atoms with Crippen molar-refractivity contribution in [2.24, 2.45) is 0 Å². The van der Waals surface area contributed by atoms with E-state index in [1.165, 1.54) is 11.1 Å². The normalized spacial score (nSPS) is 17.8. The summed E-state index contributed by atoms with van der Waals surface area (Å²) in [6.45, 7) is 2.19. The Bertz CT molecular complexity index is 633. The monoisotopic (exact) mass is 279 g/mol. The van der Waals surface area contributed by atoms with Crippen LogP contribution in [0.15, 0.2) is 48.5 Å². The number of amides is 1. The van der Waals surface area contributed by atoms with Gasteiger partial charge in [0.25, 0.3) is 0 Å². The molecule has 2 aromatic rings. The topological polar surface area (TPSA) is 29.1 Å². The zero-order valence-electron chi connectivity index (χ0n) is 12.4. The molecule has 3 rings (SSSR count). The number of carbonyl (C=O) groups is 1. The maximum Gasteiger partial charge on any atom is 0.231 e. The zero-order chi connectivity index (χ0) is 14.7. The summed E-state index contributed by atoms with van der Waals surface area (Å²) in [7, 11) is 0. The third kappa shape index (κ3) is 2.99. The molecule has 0 fully saturated rings. The second-order valence-electron chi connectivity index (χ2n) is 5.73. The van der Waals surface area contributed by atoms with Crippen LogP contribution in [0.4, 0.5) is 5.69 Å². The molecule has 0 bridgehead atoms. The smallest absolute Gasteiger partial charge is 0.231 e. The van der Waals surface area contributed by atoms with E-state index < -0.39 is 0 Å². The van der Waals surface area contributed by atoms with Crippen LogP contribution < -0.4 is 5.32 Å². The highest BCUT2D eigenvalue weighted by atomic mass is 16.1. The number of anilines is 1. The van der Waals surface area contributed by atoms with Crippen molar-refractivity contribution in [3.05, 3.63) is 65.2 Å². The fraction of sp³-hybridized carbons (Fsp3) is 0.316. The van der Waals surface area contributed by atoms with Crippen LogP contribution >= 0.6 is 0 Å². The van der Waals surface area contributed by atoms with Crippen LogP contribution in [0.25, 0.3) is 0 Å². The maximum atomic E-state index is 12.5. The zero-order valence-corrected chi connectivity index (χ0v) is 12.4. The lowest BCUT2D eigenvalue weighted by molar-refractivity contribution is -0.117. The fourth-order valence-electron chi connectivity index (χ4n) is 3.07. The molecule has 0 saturated heterocycles. The summed E-state index contributed by atoms with van der Waals surface area (Å²) >= 11 is 0. The highest BCUT2D eigenvalue weighted by Crippen LogP contribution is 2.30. The largest absolute Gasteiger partial charge is 0.325 e. The van der Waals surface area contributed by atoms with Crippen molar-refractivity contribution in [1.82, 2.24) is 0 Å². The quantitative estimate of drug-likeness (QED) is 0.891. The molecular formula is C19H21NO. The summed E-state index contributed by atoms with van der Waals surface area (Å²) in [6, 6.07) is 16.5. The van der Waals surface area contributed by atoms with Crippen LogP contribution in [-0.4, -0.2) is 5.91 Å². The minimum Gasteiger partial charge on any atom is -0.325 e. The van der Waals surface area contributed by atoms with E-state index in [-0.39, 0.29) is 11.8 Å². The Hall–Kier alpha value is -2.09. The van der Waals surface area contributed by atoms with Crippen molar-refractivity contribution in [3.63, 3.8) is 0 Å². The first-order valence-electron chi connectivity index (χ1n) is 7.75. The van der Waals surface area contributed by atoms with E-state index in [2.05, 4.69) is 30.4 Å². The third-order valence-electron chi connectivity index (χ3n) is 4.19. The van der Waals surface area contributed by atoms with Gasteiger partial charge in [-0.3, -0.25) is 4.79 Å². The highest BCUT2D eigenvalue weighted by molar-refractivity contribution is 5.97. The van der Waals surface area contributed by atoms with E-state index in [0.717, 1.165) is 36.9 Å². The molecule has 108 valence electrons. The number of aryl methyl sites for hydroxylation is 2. The van der Waals surface area contributed by atoms with E-state index >= 15 is 0 Å². The minimum absolute atomic E-state index is 0.0479. The van der Waals surface area contributed by atoms with Crippen LogP contribution in [0.2, 0.25) is 0 Å². The maximum absolute atomic E-state index is 12.5. The van der Waals surface area contributed by atoms with Crippen molar-refractivity contribution in [1.29, 1.82) is 0 Å². The Kier molecular flexibility index (Phi) is 4.05. The molecule has 0 radical (unpaired) electrons. The standard InChI is InChI=1S/C19H21NO/c1-2-6-14-9-12-18-16(13-14)10-11-17(19(21)20-18)15-7-4-3-5-8-15/h3-5,7-9,12-13,17H,2,6,10-11H2,1H3,(H,20,21)/t17-/m1/s1. The van der Waals surface area contributed by atoms with Crippen molar-refractivity contribution in [2.75, 3.05) is 5.32 Å². The van der Waals surface area contributed by atoms with Gasteiger partial charge in [0.15, 0.2) is 0 Å². The first-order chi connectivity index (χ1) is 10.3. The first kappa shape index (κ1) is 13.9. The van der Waals surface area contributed by atoms with Crippen molar-refractivity contribution < 1.29 is 4.79 Å². The molecule has 0 aliphatic carbocycles. The van der Waals surface area contributed by atoms with E-state index in [1.807, 2.05) is 30.3 Å². The number of fused-ring (bicyclic) bond motifs is 1. The number of carbonyl (C=O) groups excluding carboxylic acids is 1. The minimum atomic E-state index is -0.0479. The molecule has 21 heavy (non-hydrogen) atoms. The van der Waals surface area contributed by atoms with Gasteiger partial charge >= 0.3 is 0 Å². The van der Waals surface area contributed by atoms with Gasteiger partial charge in [-0.05, 0) is 42.0 Å². The second kappa shape index (κ2) is 6.13. The lowest BCUT2D eigenvalue weighted by atomic mass is 9.92. The lowest BCUT2D eigenvalue weighted by Crippen LogP contribution is -2.19. The van der Waals surface area contributed by atoms with Crippen molar-refractivity contribution in [3.8, 4) is 0 Å². The van der Waals surface area contributed by atoms with E-state index in [9.17, 15) is 4.79 Å². The highest BCUT2D eigenvalue weighted by Gasteiger charge is 2.24. The van der Waals surface area contributed by atoms with Crippen molar-refractivity contribution in [2.45, 2.75) is 38.5 Å². The first-order valence-corrected chi connectivity index (χ1v) is 7.75. The van der Waals surface area contributed by atoms with E-state index in [1.54, 1.807) is 0 Å². The van der Waals surface area contributed by atoms with E-state index in [4.69, 9.17) is 0 Å². The van der Waals surface area contributed by atoms with Crippen molar-refractivity contribution >= 4 is 11.6 Å². The van der Waals surface area contributed by atoms with Crippen LogP contribution in [0.5, 0.6) is 0 Å². The predicted molar refractivity (Wildman–Crippen MR) is 86.6 cm³/mol. The SMILES string of the molecule is CCCc1ccc2c(c1)CC[C@H](c1ccccc1)C(=O)N2. The van der Waals surface area contributed by atoms with Gasteiger partial charge in [0.05, 0.1) is 5.92 Å². The number of nitrogens with one attached hydrogen (secondary N) is 1. The molecule has 0 saturated carbocycles. The van der Waals surface area contributed by atoms with Crippen LogP contribution in [0, 0.1) is 0 Å². The summed E-state index contributed by atoms with van der Waals surface area (Å²) < 4.78 is 0. The molecule has 2 heteroatoms. The van der Waals surface area contributed by atoms with Gasteiger partial charge in [-0.15, -0.1) is 0 Å². The number of hydrogen-bond acceptors (Lipinski definition) is 1. The van der Waals surface area contributed by atoms with Gasteiger partial charge in [-0.1, -0.05) is 55.8 Å². The van der Waals surface area contributed by atoms with E-state index in [0.29, 0.717) is 0 Å². The van der Waals surface area contributed by atoms with Gasteiger partial charge in [-0.2, -0.15) is 0 Å². The number of rotatable bonds is 3. The predicted octanol–water partition coefficient (Wildman–Crippen LogP) is 4.31. The van der Waals surface area contributed by atoms with Gasteiger partial charge in [0.2, 0.25) is 5.91 Å². The molecule has 0 aromatic heterocycles. The molecule has 1 N–H and O–H groups in total. The van der Waals surface area contributed by atoms with Gasteiger partial charge in [0.1, 0.15) is 0 Å². The Morgan fingerprint density at radius 1 is 1.14 bits per heavy atom. The molecule has 2 aromatic carbocycles. The number of hydrogen-bond donors (Lipinski definition) is 1. The molecule has 1 aliphatic rings. The summed E-state index contributed by atoms with van der Waals surface area (Å²) in [6.07, 6.45) is 4.07. The van der Waals surface area contributed by atoms with Gasteiger partial charge in [-0.25, -0.2) is 0 Å². The molecular weight excluding hydrogens is 258 g/mol. The molecule has 1 aliphatic heterocycles. The summed E-state index contributed by atoms with van der Waals surface area (Å²) in [5.41, 5.74) is 4.73. The number of benzene rings is 2. The summed E-state index contributed by atoms with van der Waals surface area (Å²) in [5.74, 6) is 0.0661. The van der Waals surface area contributed by atoms with Crippen LogP contribution in [-0.2, 0) is 17.6 Å². The van der Waals surface area contributed by atoms with Crippen LogP contribution in [0.1, 0.15) is 42.4 Å². The molecule has 0 unspecified atom stereocenters. The lowest BCUT2D eigenvalue weighted by Gasteiger charge is -2.13.